The molecule has 2 aliphatic rings. The Balaban J connectivity index is 1.59. The molecule has 1 aromatic carbocycles. The van der Waals surface area contributed by atoms with Crippen molar-refractivity contribution in [3.8, 4) is 0 Å². The summed E-state index contributed by atoms with van der Waals surface area (Å²) >= 11 is 0. The highest BCUT2D eigenvalue weighted by Gasteiger charge is 2.37. The fourth-order valence-electron chi connectivity index (χ4n) is 5.01. The molecular formula is C28H34N2O4. The predicted octanol–water partition coefficient (Wildman–Crippen LogP) is 5.96. The van der Waals surface area contributed by atoms with E-state index in [1.54, 1.807) is 0 Å². The molecule has 4 rings (SSSR count). The van der Waals surface area contributed by atoms with E-state index >= 15 is 0 Å². The molecule has 6 heteroatoms. The normalized spacial score (nSPS) is 23.6. The lowest BCUT2D eigenvalue weighted by Crippen LogP contribution is -2.28. The molecular weight excluding hydrogens is 428 g/mol. The van der Waals surface area contributed by atoms with Crippen LogP contribution in [0.15, 0.2) is 51.2 Å². The number of aliphatic hydroxyl groups is 1. The predicted molar refractivity (Wildman–Crippen MR) is 132 cm³/mol. The highest BCUT2D eigenvalue weighted by atomic mass is 16.5. The topological polar surface area (TPSA) is 92.8 Å². The Morgan fingerprint density at radius 2 is 1.91 bits per heavy atom. The summed E-state index contributed by atoms with van der Waals surface area (Å²) < 4.78 is 5.48. The number of hydrogen-bond donors (Lipinski definition) is 1. The number of benzene rings is 1. The number of carbonyl (C=O) groups excluding carboxylic acids is 2. The maximum Gasteiger partial charge on any atom is 0.168 e. The molecule has 1 heterocycles. The second-order valence-corrected chi connectivity index (χ2v) is 10.5. The van der Waals surface area contributed by atoms with Crippen molar-refractivity contribution in [3.63, 3.8) is 0 Å². The van der Waals surface area contributed by atoms with Crippen LogP contribution in [0, 0.1) is 5.41 Å². The van der Waals surface area contributed by atoms with E-state index < -0.39 is 0 Å². The molecule has 0 spiro atoms. The van der Waals surface area contributed by atoms with Crippen molar-refractivity contribution in [2.45, 2.75) is 84.6 Å². The Bertz CT molecular complexity index is 1140. The molecule has 0 amide bonds. The largest absolute Gasteiger partial charge is 0.511 e. The molecule has 0 aliphatic heterocycles. The molecule has 0 bridgehead atoms. The average Bonchev–Trinajstić information content (AvgIpc) is 3.19. The lowest BCUT2D eigenvalue weighted by Gasteiger charge is -2.27. The van der Waals surface area contributed by atoms with Gasteiger partial charge in [0, 0.05) is 43.9 Å². The summed E-state index contributed by atoms with van der Waals surface area (Å²) in [5, 5.41) is 15.2. The van der Waals surface area contributed by atoms with Crippen LogP contribution in [-0.4, -0.2) is 33.6 Å². The van der Waals surface area contributed by atoms with Crippen LogP contribution in [0.2, 0.25) is 0 Å². The number of hydrogen-bond acceptors (Lipinski definition) is 6. The zero-order valence-electron chi connectivity index (χ0n) is 20.6. The van der Waals surface area contributed by atoms with E-state index in [-0.39, 0.29) is 41.1 Å². The molecule has 2 aliphatic carbocycles. The second-order valence-electron chi connectivity index (χ2n) is 10.5. The van der Waals surface area contributed by atoms with Crippen molar-refractivity contribution in [1.29, 1.82) is 0 Å². The number of aromatic nitrogens is 1. The molecule has 1 N–H and O–H groups in total. The molecule has 2 aromatic rings. The first-order chi connectivity index (χ1) is 16.2. The number of Topliss-reactive ketones (excluding diaryl/α,β-unsaturated/α-hetero) is 2. The molecule has 1 fully saturated rings. The lowest BCUT2D eigenvalue weighted by atomic mass is 9.76. The van der Waals surface area contributed by atoms with Crippen LogP contribution in [0.1, 0.15) is 93.1 Å². The summed E-state index contributed by atoms with van der Waals surface area (Å²) in [6, 6.07) is 10.1. The second kappa shape index (κ2) is 9.69. The van der Waals surface area contributed by atoms with Crippen LogP contribution >= 0.6 is 0 Å². The van der Waals surface area contributed by atoms with Crippen LogP contribution in [0.4, 0.5) is 0 Å². The number of carbonyl (C=O) groups is 2. The van der Waals surface area contributed by atoms with E-state index in [9.17, 15) is 14.7 Å². The maximum absolute atomic E-state index is 13.2. The first-order valence-corrected chi connectivity index (χ1v) is 12.3. The van der Waals surface area contributed by atoms with E-state index in [0.717, 1.165) is 12.0 Å². The molecule has 6 nitrogen and oxygen atoms in total. The first-order valence-electron chi connectivity index (χ1n) is 12.3. The Labute approximate surface area is 201 Å². The fraction of sp³-hybridized carbons (Fsp3) is 0.500. The van der Waals surface area contributed by atoms with E-state index in [0.29, 0.717) is 60.4 Å². The van der Waals surface area contributed by atoms with Crippen molar-refractivity contribution < 1.29 is 19.2 Å². The van der Waals surface area contributed by atoms with Crippen molar-refractivity contribution in [1.82, 2.24) is 5.16 Å². The van der Waals surface area contributed by atoms with E-state index in [2.05, 4.69) is 12.1 Å². The van der Waals surface area contributed by atoms with Gasteiger partial charge in [0.1, 0.15) is 11.5 Å². The van der Waals surface area contributed by atoms with Crippen LogP contribution in [0.5, 0.6) is 0 Å². The number of nitrogens with zero attached hydrogens (tertiary/aromatic N) is 2. The van der Waals surface area contributed by atoms with Crippen molar-refractivity contribution in [2.24, 2.45) is 10.4 Å². The number of ketones is 2. The summed E-state index contributed by atoms with van der Waals surface area (Å²) in [5.41, 5.74) is 3.12. The Morgan fingerprint density at radius 1 is 1.18 bits per heavy atom. The van der Waals surface area contributed by atoms with Crippen LogP contribution in [-0.2, 0) is 17.6 Å². The van der Waals surface area contributed by atoms with Gasteiger partial charge in [0.25, 0.3) is 0 Å². The van der Waals surface area contributed by atoms with Crippen LogP contribution in [0.25, 0.3) is 0 Å². The summed E-state index contributed by atoms with van der Waals surface area (Å²) in [6.45, 7) is 8.17. The van der Waals surface area contributed by atoms with Gasteiger partial charge in [-0.1, -0.05) is 56.3 Å². The molecule has 2 unspecified atom stereocenters. The molecule has 34 heavy (non-hydrogen) atoms. The molecule has 0 saturated heterocycles. The van der Waals surface area contributed by atoms with Gasteiger partial charge in [0.2, 0.25) is 0 Å². The van der Waals surface area contributed by atoms with Gasteiger partial charge in [-0.2, -0.15) is 0 Å². The average molecular weight is 463 g/mol. The fourth-order valence-corrected chi connectivity index (χ4v) is 5.01. The minimum atomic E-state index is -0.143. The molecule has 0 radical (unpaired) electrons. The van der Waals surface area contributed by atoms with Gasteiger partial charge in [0.15, 0.2) is 11.6 Å². The Hall–Kier alpha value is -3.02. The molecule has 1 saturated carbocycles. The van der Waals surface area contributed by atoms with Gasteiger partial charge >= 0.3 is 0 Å². The SMILES string of the molecule is CCC(C)N=C1CC(c2ccccc2)CC(=O)/C1=C(\O)CCc1noc2c1C(=O)CC(C)(C)C2. The van der Waals surface area contributed by atoms with Gasteiger partial charge in [0.05, 0.1) is 16.8 Å². The minimum Gasteiger partial charge on any atom is -0.511 e. The van der Waals surface area contributed by atoms with Gasteiger partial charge in [-0.25, -0.2) is 0 Å². The standard InChI is InChI=1S/C28H34N2O4/c1-5-17(2)29-21-13-19(18-9-7-6-8-10-18)14-23(32)26(21)22(31)12-11-20-27-24(33)15-28(3,4)16-25(27)34-30-20/h6-10,17,19,31H,5,11-16H2,1-4H3/b26-22-,29-21?. The number of aliphatic imine (C=N–C) groups is 1. The third kappa shape index (κ3) is 5.06. The van der Waals surface area contributed by atoms with Gasteiger partial charge in [-0.05, 0) is 36.7 Å². The van der Waals surface area contributed by atoms with E-state index in [4.69, 9.17) is 9.52 Å². The van der Waals surface area contributed by atoms with Crippen molar-refractivity contribution >= 4 is 17.3 Å². The molecule has 2 atom stereocenters. The minimum absolute atomic E-state index is 0.0268. The summed E-state index contributed by atoms with van der Waals surface area (Å²) in [4.78, 5) is 30.8. The highest BCUT2D eigenvalue weighted by molar-refractivity contribution is 6.24. The lowest BCUT2D eigenvalue weighted by molar-refractivity contribution is -0.116. The quantitative estimate of drug-likeness (QED) is 0.422. The Kier molecular flexibility index (Phi) is 6.87. The third-order valence-electron chi connectivity index (χ3n) is 6.95. The monoisotopic (exact) mass is 462 g/mol. The summed E-state index contributed by atoms with van der Waals surface area (Å²) in [5.74, 6) is 0.658. The third-order valence-corrected chi connectivity index (χ3v) is 6.95. The molecule has 1 aromatic heterocycles. The first kappa shape index (κ1) is 24.1. The highest BCUT2D eigenvalue weighted by Crippen LogP contribution is 2.37. The zero-order valence-corrected chi connectivity index (χ0v) is 20.6. The van der Waals surface area contributed by atoms with Crippen LogP contribution in [0.3, 0.4) is 0 Å². The van der Waals surface area contributed by atoms with Gasteiger partial charge in [-0.15, -0.1) is 0 Å². The van der Waals surface area contributed by atoms with E-state index in [1.165, 1.54) is 0 Å². The van der Waals surface area contributed by atoms with Gasteiger partial charge in [-0.3, -0.25) is 14.6 Å². The van der Waals surface area contributed by atoms with Crippen molar-refractivity contribution in [2.75, 3.05) is 0 Å². The van der Waals surface area contributed by atoms with E-state index in [1.807, 2.05) is 51.1 Å². The summed E-state index contributed by atoms with van der Waals surface area (Å²) in [7, 11) is 0. The van der Waals surface area contributed by atoms with Gasteiger partial charge < -0.3 is 9.63 Å². The Morgan fingerprint density at radius 3 is 2.62 bits per heavy atom. The number of aliphatic hydroxyl groups excluding tert-OH is 1. The zero-order chi connectivity index (χ0) is 24.5. The van der Waals surface area contributed by atoms with Crippen LogP contribution < -0.4 is 0 Å². The van der Waals surface area contributed by atoms with Crippen molar-refractivity contribution in [3.05, 3.63) is 64.2 Å². The number of allylic oxidation sites excluding steroid dienone is 2. The number of fused-ring (bicyclic) bond motifs is 1. The summed E-state index contributed by atoms with van der Waals surface area (Å²) in [6.07, 6.45) is 3.48. The maximum atomic E-state index is 13.2. The smallest absolute Gasteiger partial charge is 0.168 e. The molecule has 180 valence electrons. The number of aryl methyl sites for hydroxylation is 1. The number of rotatable bonds is 6.